The third kappa shape index (κ3) is 6.73. The maximum Gasteiger partial charge on any atom is 0.307 e. The van der Waals surface area contributed by atoms with E-state index in [1.54, 1.807) is 0 Å². The largest absolute Gasteiger partial charge is 0.481 e. The summed E-state index contributed by atoms with van der Waals surface area (Å²) in [6.45, 7) is 1.82. The van der Waals surface area contributed by atoms with Crippen LogP contribution in [0.25, 0.3) is 0 Å². The molecule has 0 rings (SSSR count). The molecule has 0 aliphatic rings. The highest BCUT2D eigenvalue weighted by atomic mass is 16.4. The Morgan fingerprint density at radius 2 is 1.19 bits per heavy atom. The summed E-state index contributed by atoms with van der Waals surface area (Å²) in [5, 5.41) is 35.9. The van der Waals surface area contributed by atoms with Gasteiger partial charge in [-0.2, -0.15) is 0 Å². The van der Waals surface area contributed by atoms with E-state index < -0.39 is 54.5 Å². The van der Waals surface area contributed by atoms with Crippen LogP contribution in [0.4, 0.5) is 0 Å². The van der Waals surface area contributed by atoms with Gasteiger partial charge in [0.2, 0.25) is 0 Å². The fraction of sp³-hybridized carbons (Fsp3) is 0.692. The summed E-state index contributed by atoms with van der Waals surface area (Å²) >= 11 is 0. The topological polar surface area (TPSA) is 149 Å². The van der Waals surface area contributed by atoms with Crippen LogP contribution in [0.5, 0.6) is 0 Å². The van der Waals surface area contributed by atoms with Gasteiger partial charge in [0.1, 0.15) is 0 Å². The van der Waals surface area contributed by atoms with Crippen molar-refractivity contribution in [2.45, 2.75) is 39.0 Å². The Hall–Kier alpha value is -2.12. The van der Waals surface area contributed by atoms with Gasteiger partial charge >= 0.3 is 23.9 Å². The molecule has 8 nitrogen and oxygen atoms in total. The summed E-state index contributed by atoms with van der Waals surface area (Å²) in [7, 11) is 0. The van der Waals surface area contributed by atoms with Crippen molar-refractivity contribution in [1.82, 2.24) is 0 Å². The second kappa shape index (κ2) is 8.93. The van der Waals surface area contributed by atoms with Crippen LogP contribution in [-0.2, 0) is 19.2 Å². The number of carboxylic acid groups (broad SMARTS) is 4. The van der Waals surface area contributed by atoms with Crippen LogP contribution >= 0.6 is 0 Å². The van der Waals surface area contributed by atoms with Crippen molar-refractivity contribution >= 4 is 23.9 Å². The molecule has 0 aromatic carbocycles. The van der Waals surface area contributed by atoms with E-state index in [0.29, 0.717) is 12.8 Å². The molecule has 21 heavy (non-hydrogen) atoms. The van der Waals surface area contributed by atoms with E-state index in [1.165, 1.54) is 0 Å². The van der Waals surface area contributed by atoms with Crippen molar-refractivity contribution in [2.24, 2.45) is 17.8 Å². The summed E-state index contributed by atoms with van der Waals surface area (Å²) in [5.74, 6) is -9.44. The van der Waals surface area contributed by atoms with Crippen molar-refractivity contribution in [3.63, 3.8) is 0 Å². The second-order valence-electron chi connectivity index (χ2n) is 4.89. The van der Waals surface area contributed by atoms with Gasteiger partial charge in [-0.1, -0.05) is 19.8 Å². The van der Waals surface area contributed by atoms with Crippen molar-refractivity contribution < 1.29 is 39.6 Å². The number of hydrogen-bond acceptors (Lipinski definition) is 4. The Balaban J connectivity index is 5.44. The molecule has 0 bridgehead atoms. The van der Waals surface area contributed by atoms with E-state index in [1.807, 2.05) is 6.92 Å². The number of aliphatic carboxylic acids is 4. The lowest BCUT2D eigenvalue weighted by Crippen LogP contribution is -2.36. The first kappa shape index (κ1) is 18.9. The van der Waals surface area contributed by atoms with Crippen LogP contribution in [0.1, 0.15) is 39.0 Å². The van der Waals surface area contributed by atoms with Gasteiger partial charge in [0, 0.05) is 0 Å². The third-order valence-corrected chi connectivity index (χ3v) is 3.35. The number of unbranched alkanes of at least 4 members (excludes halogenated alkanes) is 1. The molecule has 0 saturated carbocycles. The summed E-state index contributed by atoms with van der Waals surface area (Å²) in [6, 6.07) is 0. The molecule has 0 amide bonds. The van der Waals surface area contributed by atoms with Crippen LogP contribution in [0.15, 0.2) is 0 Å². The Morgan fingerprint density at radius 1 is 0.810 bits per heavy atom. The zero-order chi connectivity index (χ0) is 16.6. The molecule has 0 fully saturated rings. The van der Waals surface area contributed by atoms with Crippen LogP contribution in [-0.4, -0.2) is 44.3 Å². The zero-order valence-electron chi connectivity index (χ0n) is 11.7. The first-order valence-corrected chi connectivity index (χ1v) is 6.59. The first-order chi connectivity index (χ1) is 9.70. The molecule has 0 heterocycles. The number of hydrogen-bond donors (Lipinski definition) is 4. The minimum atomic E-state index is -1.42. The van der Waals surface area contributed by atoms with E-state index >= 15 is 0 Å². The Bertz CT molecular complexity index is 369. The van der Waals surface area contributed by atoms with Gasteiger partial charge in [-0.15, -0.1) is 0 Å². The lowest BCUT2D eigenvalue weighted by atomic mass is 9.75. The molecule has 0 saturated heterocycles. The molecule has 0 aromatic heterocycles. The quantitative estimate of drug-likeness (QED) is 0.444. The Kier molecular flexibility index (Phi) is 8.03. The smallest absolute Gasteiger partial charge is 0.307 e. The molecular formula is C13H20O8. The van der Waals surface area contributed by atoms with E-state index in [-0.39, 0.29) is 6.42 Å². The molecule has 0 radical (unpaired) electrons. The maximum atomic E-state index is 11.2. The molecule has 0 aromatic rings. The van der Waals surface area contributed by atoms with Crippen molar-refractivity contribution in [1.29, 1.82) is 0 Å². The lowest BCUT2D eigenvalue weighted by molar-refractivity contribution is -0.157. The molecule has 2 unspecified atom stereocenters. The average Bonchev–Trinajstić information content (AvgIpc) is 2.34. The van der Waals surface area contributed by atoms with Gasteiger partial charge in [-0.25, -0.2) is 0 Å². The molecule has 0 spiro atoms. The van der Waals surface area contributed by atoms with E-state index in [9.17, 15) is 19.2 Å². The number of carboxylic acids is 4. The van der Waals surface area contributed by atoms with E-state index in [0.717, 1.165) is 0 Å². The van der Waals surface area contributed by atoms with Crippen molar-refractivity contribution in [3.8, 4) is 0 Å². The monoisotopic (exact) mass is 304 g/mol. The highest BCUT2D eigenvalue weighted by molar-refractivity contribution is 5.81. The van der Waals surface area contributed by atoms with Crippen LogP contribution in [0.2, 0.25) is 0 Å². The highest BCUT2D eigenvalue weighted by Gasteiger charge is 2.39. The van der Waals surface area contributed by atoms with Gasteiger partial charge < -0.3 is 20.4 Å². The van der Waals surface area contributed by atoms with Gasteiger partial charge in [0.15, 0.2) is 0 Å². The first-order valence-electron chi connectivity index (χ1n) is 6.59. The van der Waals surface area contributed by atoms with Crippen molar-refractivity contribution in [2.75, 3.05) is 0 Å². The van der Waals surface area contributed by atoms with Gasteiger partial charge in [0.05, 0.1) is 24.7 Å². The number of rotatable bonds is 11. The summed E-state index contributed by atoms with van der Waals surface area (Å²) < 4.78 is 0. The molecule has 0 aliphatic carbocycles. The molecule has 4 N–H and O–H groups in total. The summed E-state index contributed by atoms with van der Waals surface area (Å²) in [6.07, 6.45) is -0.141. The molecular weight excluding hydrogens is 284 g/mol. The summed E-state index contributed by atoms with van der Waals surface area (Å²) in [5.41, 5.74) is 0. The Labute approximate surface area is 121 Å². The van der Waals surface area contributed by atoms with Crippen LogP contribution in [0.3, 0.4) is 0 Å². The standard InChI is InChI=1S/C13H20O8/c1-2-3-4-7(8(12(18)19)5-10(14)15)9(13(20)21)6-11(16)17/h7-9H,2-6H2,1H3,(H,14,15)(H,16,17)(H,18,19)(H,20,21). The van der Waals surface area contributed by atoms with Gasteiger partial charge in [-0.05, 0) is 12.3 Å². The normalized spacial score (nSPS) is 14.9. The Morgan fingerprint density at radius 3 is 1.43 bits per heavy atom. The predicted octanol–water partition coefficient (Wildman–Crippen LogP) is 1.14. The van der Waals surface area contributed by atoms with E-state index in [4.69, 9.17) is 20.4 Å². The second-order valence-corrected chi connectivity index (χ2v) is 4.89. The van der Waals surface area contributed by atoms with Crippen molar-refractivity contribution in [3.05, 3.63) is 0 Å². The van der Waals surface area contributed by atoms with Gasteiger partial charge in [0.25, 0.3) is 0 Å². The van der Waals surface area contributed by atoms with Gasteiger partial charge in [-0.3, -0.25) is 19.2 Å². The van der Waals surface area contributed by atoms with Crippen LogP contribution in [0, 0.1) is 17.8 Å². The number of carbonyl (C=O) groups is 4. The predicted molar refractivity (Wildman–Crippen MR) is 69.8 cm³/mol. The SMILES string of the molecule is CCCCC(C(CC(=O)O)C(=O)O)C(CC(=O)O)C(=O)O. The fourth-order valence-corrected chi connectivity index (χ4v) is 2.34. The minimum Gasteiger partial charge on any atom is -0.481 e. The average molecular weight is 304 g/mol. The van der Waals surface area contributed by atoms with Crippen LogP contribution < -0.4 is 0 Å². The maximum absolute atomic E-state index is 11.2. The lowest BCUT2D eigenvalue weighted by Gasteiger charge is -2.27. The van der Waals surface area contributed by atoms with E-state index in [2.05, 4.69) is 0 Å². The minimum absolute atomic E-state index is 0.158. The summed E-state index contributed by atoms with van der Waals surface area (Å²) in [4.78, 5) is 44.1. The molecule has 8 heteroatoms. The molecule has 0 aliphatic heterocycles. The fourth-order valence-electron chi connectivity index (χ4n) is 2.34. The molecule has 2 atom stereocenters. The highest BCUT2D eigenvalue weighted by Crippen LogP contribution is 2.32. The molecule has 120 valence electrons. The zero-order valence-corrected chi connectivity index (χ0v) is 11.7. The third-order valence-electron chi connectivity index (χ3n) is 3.35.